The summed E-state index contributed by atoms with van der Waals surface area (Å²) in [6.07, 6.45) is 6.26. The fourth-order valence-electron chi connectivity index (χ4n) is 2.08. The van der Waals surface area contributed by atoms with Crippen LogP contribution in [0.3, 0.4) is 0 Å². The lowest BCUT2D eigenvalue weighted by Crippen LogP contribution is -2.36. The molecule has 1 aliphatic rings. The molecule has 3 heteroatoms. The van der Waals surface area contributed by atoms with E-state index >= 15 is 0 Å². The zero-order chi connectivity index (χ0) is 12.4. The Kier molecular flexibility index (Phi) is 9.89. The quantitative estimate of drug-likeness (QED) is 0.595. The number of thiol groups is 1. The molecule has 0 unspecified atom stereocenters. The molecule has 1 amide bonds. The van der Waals surface area contributed by atoms with Gasteiger partial charge in [-0.2, -0.15) is 12.6 Å². The van der Waals surface area contributed by atoms with Gasteiger partial charge in [-0.15, -0.1) is 0 Å². The fourth-order valence-corrected chi connectivity index (χ4v) is 2.30. The Labute approximate surface area is 106 Å². The third kappa shape index (κ3) is 6.41. The van der Waals surface area contributed by atoms with Gasteiger partial charge in [-0.1, -0.05) is 26.7 Å². The number of amides is 1. The number of unbranched alkanes of at least 4 members (excludes halogenated alkanes) is 1. The number of hydrogen-bond acceptors (Lipinski definition) is 2. The standard InChI is InChI=1S/C11H21NOS.C2H6/c1-10(13)12-7-5-11(6-8-12)4-2-3-9-14;1-2/h11,14H,2-9H2,1H3;1-2H3. The first-order valence-corrected chi connectivity index (χ1v) is 7.23. The molecule has 0 bridgehead atoms. The molecule has 0 saturated carbocycles. The highest BCUT2D eigenvalue weighted by molar-refractivity contribution is 7.80. The molecule has 0 aromatic carbocycles. The van der Waals surface area contributed by atoms with Crippen LogP contribution in [0.2, 0.25) is 0 Å². The van der Waals surface area contributed by atoms with Gasteiger partial charge in [0.05, 0.1) is 0 Å². The number of likely N-dealkylation sites (tertiary alicyclic amines) is 1. The summed E-state index contributed by atoms with van der Waals surface area (Å²) in [5, 5.41) is 0. The summed E-state index contributed by atoms with van der Waals surface area (Å²) in [7, 11) is 0. The molecule has 0 spiro atoms. The van der Waals surface area contributed by atoms with E-state index in [2.05, 4.69) is 12.6 Å². The molecule has 0 aromatic heterocycles. The molecular formula is C13H27NOS. The van der Waals surface area contributed by atoms with Crippen LogP contribution in [0.15, 0.2) is 0 Å². The Balaban J connectivity index is 0.00000106. The van der Waals surface area contributed by atoms with Crippen molar-refractivity contribution in [2.45, 2.75) is 52.9 Å². The third-order valence-corrected chi connectivity index (χ3v) is 3.40. The molecule has 0 atom stereocenters. The first kappa shape index (κ1) is 15.8. The highest BCUT2D eigenvalue weighted by Gasteiger charge is 2.19. The van der Waals surface area contributed by atoms with E-state index in [9.17, 15) is 4.79 Å². The lowest BCUT2D eigenvalue weighted by atomic mass is 9.92. The van der Waals surface area contributed by atoms with Crippen LogP contribution in [0.5, 0.6) is 0 Å². The van der Waals surface area contributed by atoms with Gasteiger partial charge in [0.25, 0.3) is 0 Å². The zero-order valence-electron chi connectivity index (χ0n) is 11.0. The molecule has 0 N–H and O–H groups in total. The molecule has 1 saturated heterocycles. The molecule has 16 heavy (non-hydrogen) atoms. The topological polar surface area (TPSA) is 20.3 Å². The minimum atomic E-state index is 0.235. The molecule has 0 aliphatic carbocycles. The van der Waals surface area contributed by atoms with E-state index in [1.54, 1.807) is 6.92 Å². The lowest BCUT2D eigenvalue weighted by Gasteiger charge is -2.31. The first-order valence-electron chi connectivity index (χ1n) is 6.60. The molecule has 0 radical (unpaired) electrons. The summed E-state index contributed by atoms with van der Waals surface area (Å²) >= 11 is 4.21. The number of piperidine rings is 1. The maximum atomic E-state index is 11.1. The summed E-state index contributed by atoms with van der Waals surface area (Å²) in [5.41, 5.74) is 0. The summed E-state index contributed by atoms with van der Waals surface area (Å²) in [5.74, 6) is 2.09. The Morgan fingerprint density at radius 1 is 1.25 bits per heavy atom. The Morgan fingerprint density at radius 3 is 2.25 bits per heavy atom. The molecule has 96 valence electrons. The van der Waals surface area contributed by atoms with Crippen molar-refractivity contribution in [1.29, 1.82) is 0 Å². The van der Waals surface area contributed by atoms with Crippen LogP contribution >= 0.6 is 12.6 Å². The number of carbonyl (C=O) groups is 1. The van der Waals surface area contributed by atoms with Crippen LogP contribution in [-0.2, 0) is 4.79 Å². The Morgan fingerprint density at radius 2 is 1.81 bits per heavy atom. The largest absolute Gasteiger partial charge is 0.343 e. The lowest BCUT2D eigenvalue weighted by molar-refractivity contribution is -0.130. The Hall–Kier alpha value is -0.180. The first-order chi connectivity index (χ1) is 7.74. The highest BCUT2D eigenvalue weighted by atomic mass is 32.1. The smallest absolute Gasteiger partial charge is 0.219 e. The van der Waals surface area contributed by atoms with E-state index in [0.29, 0.717) is 0 Å². The van der Waals surface area contributed by atoms with E-state index in [1.807, 2.05) is 18.7 Å². The molecule has 1 aliphatic heterocycles. The van der Waals surface area contributed by atoms with E-state index in [-0.39, 0.29) is 5.91 Å². The van der Waals surface area contributed by atoms with Gasteiger partial charge in [0.2, 0.25) is 5.91 Å². The number of hydrogen-bond donors (Lipinski definition) is 1. The second kappa shape index (κ2) is 10.0. The predicted octanol–water partition coefficient (Wildman–Crippen LogP) is 3.37. The summed E-state index contributed by atoms with van der Waals surface area (Å²) in [6, 6.07) is 0. The second-order valence-corrected chi connectivity index (χ2v) is 4.62. The predicted molar refractivity (Wildman–Crippen MR) is 74.0 cm³/mol. The molecule has 1 rings (SSSR count). The van der Waals surface area contributed by atoms with Crippen molar-refractivity contribution in [2.75, 3.05) is 18.8 Å². The highest BCUT2D eigenvalue weighted by Crippen LogP contribution is 2.22. The van der Waals surface area contributed by atoms with Crippen LogP contribution in [0.25, 0.3) is 0 Å². The molecule has 1 fully saturated rings. The molecule has 1 heterocycles. The van der Waals surface area contributed by atoms with Gasteiger partial charge >= 0.3 is 0 Å². The van der Waals surface area contributed by atoms with Crippen LogP contribution in [0.4, 0.5) is 0 Å². The van der Waals surface area contributed by atoms with Crippen molar-refractivity contribution in [3.63, 3.8) is 0 Å². The maximum absolute atomic E-state index is 11.1. The van der Waals surface area contributed by atoms with Gasteiger partial charge in [-0.05, 0) is 30.9 Å². The van der Waals surface area contributed by atoms with Gasteiger partial charge < -0.3 is 4.90 Å². The molecular weight excluding hydrogens is 218 g/mol. The van der Waals surface area contributed by atoms with Crippen molar-refractivity contribution in [1.82, 2.24) is 4.90 Å². The monoisotopic (exact) mass is 245 g/mol. The van der Waals surface area contributed by atoms with Crippen LogP contribution in [0, 0.1) is 5.92 Å². The molecule has 0 aromatic rings. The summed E-state index contributed by atoms with van der Waals surface area (Å²) < 4.78 is 0. The van der Waals surface area contributed by atoms with Crippen molar-refractivity contribution in [3.05, 3.63) is 0 Å². The molecule has 2 nitrogen and oxygen atoms in total. The summed E-state index contributed by atoms with van der Waals surface area (Å²) in [6.45, 7) is 7.61. The third-order valence-electron chi connectivity index (χ3n) is 3.08. The van der Waals surface area contributed by atoms with Gasteiger partial charge in [0.15, 0.2) is 0 Å². The van der Waals surface area contributed by atoms with Crippen molar-refractivity contribution < 1.29 is 4.79 Å². The number of nitrogens with zero attached hydrogens (tertiary/aromatic N) is 1. The van der Waals surface area contributed by atoms with E-state index in [4.69, 9.17) is 0 Å². The Bertz CT molecular complexity index is 177. The minimum Gasteiger partial charge on any atom is -0.343 e. The van der Waals surface area contributed by atoms with Gasteiger partial charge in [-0.25, -0.2) is 0 Å². The van der Waals surface area contributed by atoms with E-state index < -0.39 is 0 Å². The maximum Gasteiger partial charge on any atom is 0.219 e. The summed E-state index contributed by atoms with van der Waals surface area (Å²) in [4.78, 5) is 13.0. The van der Waals surface area contributed by atoms with Crippen LogP contribution in [-0.4, -0.2) is 29.6 Å². The van der Waals surface area contributed by atoms with E-state index in [0.717, 1.165) is 24.8 Å². The zero-order valence-corrected chi connectivity index (χ0v) is 11.9. The van der Waals surface area contributed by atoms with Gasteiger partial charge in [-0.3, -0.25) is 4.79 Å². The van der Waals surface area contributed by atoms with Gasteiger partial charge in [0, 0.05) is 20.0 Å². The van der Waals surface area contributed by atoms with Crippen molar-refractivity contribution in [2.24, 2.45) is 5.92 Å². The van der Waals surface area contributed by atoms with Gasteiger partial charge in [0.1, 0.15) is 0 Å². The number of carbonyl (C=O) groups excluding carboxylic acids is 1. The van der Waals surface area contributed by atoms with Crippen LogP contribution < -0.4 is 0 Å². The second-order valence-electron chi connectivity index (χ2n) is 4.17. The average molecular weight is 245 g/mol. The van der Waals surface area contributed by atoms with Crippen molar-refractivity contribution in [3.8, 4) is 0 Å². The number of rotatable bonds is 4. The fraction of sp³-hybridized carbons (Fsp3) is 0.923. The SMILES string of the molecule is CC.CC(=O)N1CCC(CCCCS)CC1. The van der Waals surface area contributed by atoms with Crippen LogP contribution in [0.1, 0.15) is 52.9 Å². The normalized spacial score (nSPS) is 16.6. The minimum absolute atomic E-state index is 0.235. The average Bonchev–Trinajstić information content (AvgIpc) is 2.33. The van der Waals surface area contributed by atoms with E-state index in [1.165, 1.54) is 32.1 Å². The van der Waals surface area contributed by atoms with Crippen molar-refractivity contribution >= 4 is 18.5 Å².